The Morgan fingerprint density at radius 2 is 1.89 bits per heavy atom. The van der Waals surface area contributed by atoms with E-state index in [0.29, 0.717) is 6.04 Å². The van der Waals surface area contributed by atoms with Crippen LogP contribution in [0.3, 0.4) is 0 Å². The van der Waals surface area contributed by atoms with E-state index >= 15 is 0 Å². The quantitative estimate of drug-likeness (QED) is 0.858. The van der Waals surface area contributed by atoms with Crippen LogP contribution >= 0.6 is 0 Å². The van der Waals surface area contributed by atoms with Crippen molar-refractivity contribution in [3.63, 3.8) is 0 Å². The van der Waals surface area contributed by atoms with Crippen molar-refractivity contribution in [2.75, 3.05) is 17.3 Å². The molecule has 0 bridgehead atoms. The van der Waals surface area contributed by atoms with Crippen LogP contribution < -0.4 is 16.0 Å². The minimum atomic E-state index is -0.202. The fourth-order valence-electron chi connectivity index (χ4n) is 1.60. The minimum Gasteiger partial charge on any atom is -0.372 e. The highest BCUT2D eigenvalue weighted by Crippen LogP contribution is 2.20. The lowest BCUT2D eigenvalue weighted by Gasteiger charge is -2.24. The van der Waals surface area contributed by atoms with Crippen LogP contribution in [0.5, 0.6) is 0 Å². The first kappa shape index (κ1) is 15.5. The minimum absolute atomic E-state index is 0.0423. The highest BCUT2D eigenvalue weighted by Gasteiger charge is 2.17. The molecule has 106 valence electrons. The number of carbonyl (C=O) groups is 1. The lowest BCUT2D eigenvalue weighted by molar-refractivity contribution is -0.119. The van der Waals surface area contributed by atoms with Gasteiger partial charge in [-0.3, -0.25) is 4.79 Å². The summed E-state index contributed by atoms with van der Waals surface area (Å²) in [6.07, 6.45) is 0. The van der Waals surface area contributed by atoms with Crippen LogP contribution in [0.4, 0.5) is 11.4 Å². The summed E-state index contributed by atoms with van der Waals surface area (Å²) in [6, 6.07) is 8.11. The molecular weight excluding hydrogens is 238 g/mol. The number of rotatable bonds is 5. The first-order valence-corrected chi connectivity index (χ1v) is 6.72. The molecule has 4 heteroatoms. The van der Waals surface area contributed by atoms with Crippen molar-refractivity contribution in [2.24, 2.45) is 11.7 Å². The Morgan fingerprint density at radius 3 is 2.42 bits per heavy atom. The SMILES string of the molecule is CC(N)C(C)C(=O)Nc1cccc(N(C)C(C)C)c1. The van der Waals surface area contributed by atoms with Gasteiger partial charge in [-0.05, 0) is 39.0 Å². The van der Waals surface area contributed by atoms with Gasteiger partial charge in [0.25, 0.3) is 0 Å². The van der Waals surface area contributed by atoms with Gasteiger partial charge in [0.05, 0.1) is 5.92 Å². The molecule has 4 nitrogen and oxygen atoms in total. The molecular formula is C15H25N3O. The molecule has 1 amide bonds. The largest absolute Gasteiger partial charge is 0.372 e. The number of amides is 1. The summed E-state index contributed by atoms with van der Waals surface area (Å²) < 4.78 is 0. The normalized spacial score (nSPS) is 14.1. The van der Waals surface area contributed by atoms with Crippen LogP contribution in [0, 0.1) is 5.92 Å². The van der Waals surface area contributed by atoms with Gasteiger partial charge in [-0.1, -0.05) is 13.0 Å². The standard InChI is InChI=1S/C15H25N3O/c1-10(2)18(5)14-8-6-7-13(9-14)17-15(19)11(3)12(4)16/h6-12H,16H2,1-5H3,(H,17,19). The molecule has 0 aliphatic carbocycles. The number of hydrogen-bond donors (Lipinski definition) is 2. The average molecular weight is 263 g/mol. The van der Waals surface area contributed by atoms with Gasteiger partial charge in [-0.25, -0.2) is 0 Å². The molecule has 19 heavy (non-hydrogen) atoms. The third-order valence-corrected chi connectivity index (χ3v) is 3.50. The molecule has 1 aromatic carbocycles. The summed E-state index contributed by atoms with van der Waals surface area (Å²) in [5, 5.41) is 2.91. The molecule has 0 aromatic heterocycles. The van der Waals surface area contributed by atoms with E-state index in [1.807, 2.05) is 45.2 Å². The molecule has 2 unspecified atom stereocenters. The van der Waals surface area contributed by atoms with E-state index in [2.05, 4.69) is 24.1 Å². The van der Waals surface area contributed by atoms with E-state index in [1.54, 1.807) is 0 Å². The first-order valence-electron chi connectivity index (χ1n) is 6.72. The summed E-state index contributed by atoms with van der Waals surface area (Å²) in [5.41, 5.74) is 7.63. The second kappa shape index (κ2) is 6.57. The Bertz CT molecular complexity index is 429. The second-order valence-electron chi connectivity index (χ2n) is 5.39. The number of anilines is 2. The van der Waals surface area contributed by atoms with Crippen LogP contribution in [0.1, 0.15) is 27.7 Å². The molecule has 0 spiro atoms. The molecule has 0 radical (unpaired) electrons. The monoisotopic (exact) mass is 263 g/mol. The lowest BCUT2D eigenvalue weighted by Crippen LogP contribution is -2.34. The highest BCUT2D eigenvalue weighted by molar-refractivity contribution is 5.93. The van der Waals surface area contributed by atoms with Crippen LogP contribution in [0.15, 0.2) is 24.3 Å². The Hall–Kier alpha value is -1.55. The second-order valence-corrected chi connectivity index (χ2v) is 5.39. The van der Waals surface area contributed by atoms with Crippen molar-refractivity contribution in [1.82, 2.24) is 0 Å². The zero-order chi connectivity index (χ0) is 14.6. The van der Waals surface area contributed by atoms with E-state index in [1.165, 1.54) is 0 Å². The van der Waals surface area contributed by atoms with Crippen molar-refractivity contribution in [1.29, 1.82) is 0 Å². The van der Waals surface area contributed by atoms with E-state index in [9.17, 15) is 4.79 Å². The van der Waals surface area contributed by atoms with Crippen LogP contribution in [0.2, 0.25) is 0 Å². The van der Waals surface area contributed by atoms with Crippen LogP contribution in [0.25, 0.3) is 0 Å². The summed E-state index contributed by atoms with van der Waals surface area (Å²) in [4.78, 5) is 14.1. The highest BCUT2D eigenvalue weighted by atomic mass is 16.1. The maximum atomic E-state index is 12.0. The van der Waals surface area contributed by atoms with E-state index in [0.717, 1.165) is 11.4 Å². The summed E-state index contributed by atoms with van der Waals surface area (Å²) in [7, 11) is 2.04. The molecule has 1 aromatic rings. The molecule has 0 saturated carbocycles. The van der Waals surface area contributed by atoms with Crippen molar-refractivity contribution in [3.8, 4) is 0 Å². The maximum absolute atomic E-state index is 12.0. The van der Waals surface area contributed by atoms with Gasteiger partial charge < -0.3 is 16.0 Å². The molecule has 1 rings (SSSR count). The van der Waals surface area contributed by atoms with Crippen molar-refractivity contribution < 1.29 is 4.79 Å². The number of nitrogens with one attached hydrogen (secondary N) is 1. The molecule has 0 aliphatic rings. The zero-order valence-corrected chi connectivity index (χ0v) is 12.5. The number of benzene rings is 1. The van der Waals surface area contributed by atoms with Gasteiger partial charge in [0, 0.05) is 30.5 Å². The molecule has 0 saturated heterocycles. The van der Waals surface area contributed by atoms with Gasteiger partial charge in [0.2, 0.25) is 5.91 Å². The number of hydrogen-bond acceptors (Lipinski definition) is 3. The third-order valence-electron chi connectivity index (χ3n) is 3.50. The molecule has 0 fully saturated rings. The summed E-state index contributed by atoms with van der Waals surface area (Å²) >= 11 is 0. The Kier molecular flexibility index (Phi) is 5.36. The Labute approximate surface area is 116 Å². The fourth-order valence-corrected chi connectivity index (χ4v) is 1.60. The van der Waals surface area contributed by atoms with Gasteiger partial charge in [0.1, 0.15) is 0 Å². The predicted molar refractivity (Wildman–Crippen MR) is 81.4 cm³/mol. The topological polar surface area (TPSA) is 58.4 Å². The first-order chi connectivity index (χ1) is 8.82. The van der Waals surface area contributed by atoms with Gasteiger partial charge in [-0.15, -0.1) is 0 Å². The van der Waals surface area contributed by atoms with Crippen molar-refractivity contribution in [3.05, 3.63) is 24.3 Å². The number of carbonyl (C=O) groups excluding carboxylic acids is 1. The van der Waals surface area contributed by atoms with Gasteiger partial charge >= 0.3 is 0 Å². The summed E-state index contributed by atoms with van der Waals surface area (Å²) in [5.74, 6) is -0.245. The fraction of sp³-hybridized carbons (Fsp3) is 0.533. The van der Waals surface area contributed by atoms with E-state index in [4.69, 9.17) is 5.73 Å². The average Bonchev–Trinajstić information content (AvgIpc) is 2.36. The Morgan fingerprint density at radius 1 is 1.26 bits per heavy atom. The smallest absolute Gasteiger partial charge is 0.228 e. The van der Waals surface area contributed by atoms with Crippen molar-refractivity contribution in [2.45, 2.75) is 39.8 Å². The number of nitrogens with zero attached hydrogens (tertiary/aromatic N) is 1. The van der Waals surface area contributed by atoms with Gasteiger partial charge in [0.15, 0.2) is 0 Å². The van der Waals surface area contributed by atoms with Crippen LogP contribution in [-0.2, 0) is 4.79 Å². The molecule has 0 heterocycles. The van der Waals surface area contributed by atoms with E-state index in [-0.39, 0.29) is 17.9 Å². The molecule has 3 N–H and O–H groups in total. The van der Waals surface area contributed by atoms with E-state index < -0.39 is 0 Å². The number of nitrogens with two attached hydrogens (primary N) is 1. The zero-order valence-electron chi connectivity index (χ0n) is 12.5. The third kappa shape index (κ3) is 4.24. The maximum Gasteiger partial charge on any atom is 0.228 e. The van der Waals surface area contributed by atoms with Gasteiger partial charge in [-0.2, -0.15) is 0 Å². The molecule has 2 atom stereocenters. The van der Waals surface area contributed by atoms with Crippen LogP contribution in [-0.4, -0.2) is 25.0 Å². The summed E-state index contributed by atoms with van der Waals surface area (Å²) in [6.45, 7) is 7.93. The molecule has 0 aliphatic heterocycles. The van der Waals surface area contributed by atoms with Crippen molar-refractivity contribution >= 4 is 17.3 Å². The predicted octanol–water partition coefficient (Wildman–Crippen LogP) is 2.45. The lowest BCUT2D eigenvalue weighted by atomic mass is 10.0. The Balaban J connectivity index is 2.80.